The smallest absolute Gasteiger partial charge is 0.125 e. The van der Waals surface area contributed by atoms with E-state index in [1.54, 1.807) is 6.07 Å². The van der Waals surface area contributed by atoms with Crippen LogP contribution in [0.25, 0.3) is 22.5 Å². The van der Waals surface area contributed by atoms with E-state index in [4.69, 9.17) is 0 Å². The van der Waals surface area contributed by atoms with Crippen LogP contribution >= 0.6 is 0 Å². The van der Waals surface area contributed by atoms with Crippen LogP contribution in [0.15, 0.2) is 48.5 Å². The van der Waals surface area contributed by atoms with Crippen LogP contribution in [0.5, 0.6) is 5.75 Å². The molecule has 0 aliphatic carbocycles. The highest BCUT2D eigenvalue weighted by Crippen LogP contribution is 2.31. The number of nitrogens with zero attached hydrogens (tertiary/aromatic N) is 1. The van der Waals surface area contributed by atoms with Crippen LogP contribution in [0.3, 0.4) is 0 Å². The summed E-state index contributed by atoms with van der Waals surface area (Å²) in [5.41, 5.74) is 3.64. The summed E-state index contributed by atoms with van der Waals surface area (Å²) in [6.07, 6.45) is 0. The van der Waals surface area contributed by atoms with E-state index in [9.17, 15) is 9.50 Å². The van der Waals surface area contributed by atoms with Crippen LogP contribution in [-0.4, -0.2) is 22.4 Å². The summed E-state index contributed by atoms with van der Waals surface area (Å²) >= 11 is 0. The van der Waals surface area contributed by atoms with E-state index < -0.39 is 5.82 Å². The number of H-pyrrole nitrogens is 1. The molecule has 0 bridgehead atoms. The topological polar surface area (TPSA) is 60.9 Å². The molecule has 106 valence electrons. The van der Waals surface area contributed by atoms with Crippen molar-refractivity contribution in [2.24, 2.45) is 0 Å². The van der Waals surface area contributed by atoms with Crippen LogP contribution in [0.4, 0.5) is 10.1 Å². The molecule has 0 radical (unpaired) electrons. The summed E-state index contributed by atoms with van der Waals surface area (Å²) in [4.78, 5) is 0. The minimum Gasteiger partial charge on any atom is -0.507 e. The number of benzene rings is 2. The lowest BCUT2D eigenvalue weighted by Gasteiger charge is -2.01. The lowest BCUT2D eigenvalue weighted by molar-refractivity contribution is 0.475. The van der Waals surface area contributed by atoms with Crippen molar-refractivity contribution >= 4 is 5.69 Å². The minimum absolute atomic E-state index is 0.0000177. The maximum atomic E-state index is 13.3. The molecule has 0 saturated heterocycles. The minimum atomic E-state index is -0.411. The van der Waals surface area contributed by atoms with Gasteiger partial charge >= 0.3 is 0 Å². The number of hydrogen-bond donors (Lipinski definition) is 3. The van der Waals surface area contributed by atoms with Gasteiger partial charge in [-0.05, 0) is 42.0 Å². The van der Waals surface area contributed by atoms with Gasteiger partial charge in [-0.1, -0.05) is 12.1 Å². The molecule has 0 amide bonds. The number of phenolic OH excluding ortho intramolecular Hbond substituents is 1. The fourth-order valence-electron chi connectivity index (χ4n) is 2.14. The third-order valence-corrected chi connectivity index (χ3v) is 3.30. The molecule has 0 unspecified atom stereocenters. The lowest BCUT2D eigenvalue weighted by atomic mass is 10.1. The molecule has 3 aromatic rings. The third-order valence-electron chi connectivity index (χ3n) is 3.30. The van der Waals surface area contributed by atoms with E-state index in [0.717, 1.165) is 16.9 Å². The Balaban J connectivity index is 1.97. The van der Waals surface area contributed by atoms with Crippen molar-refractivity contribution in [2.45, 2.75) is 0 Å². The highest BCUT2D eigenvalue weighted by atomic mass is 19.1. The van der Waals surface area contributed by atoms with E-state index in [1.807, 2.05) is 31.3 Å². The predicted octanol–water partition coefficient (Wildman–Crippen LogP) is 3.63. The van der Waals surface area contributed by atoms with Crippen LogP contribution in [0, 0.1) is 5.82 Å². The Morgan fingerprint density at radius 1 is 1.10 bits per heavy atom. The lowest BCUT2D eigenvalue weighted by Crippen LogP contribution is -1.86. The molecule has 21 heavy (non-hydrogen) atoms. The predicted molar refractivity (Wildman–Crippen MR) is 80.6 cm³/mol. The Morgan fingerprint density at radius 3 is 2.57 bits per heavy atom. The van der Waals surface area contributed by atoms with Gasteiger partial charge in [0.1, 0.15) is 11.6 Å². The average Bonchev–Trinajstić information content (AvgIpc) is 2.99. The molecule has 0 aliphatic heterocycles. The Hall–Kier alpha value is -2.82. The van der Waals surface area contributed by atoms with E-state index in [2.05, 4.69) is 15.5 Å². The molecule has 2 aromatic carbocycles. The molecule has 0 aliphatic rings. The van der Waals surface area contributed by atoms with Crippen molar-refractivity contribution in [1.82, 2.24) is 10.2 Å². The largest absolute Gasteiger partial charge is 0.507 e. The number of aromatic amines is 1. The first kappa shape index (κ1) is 13.2. The third kappa shape index (κ3) is 2.58. The average molecular weight is 283 g/mol. The van der Waals surface area contributed by atoms with E-state index in [0.29, 0.717) is 11.3 Å². The molecular formula is C16H14FN3O. The number of nitrogens with one attached hydrogen (secondary N) is 2. The van der Waals surface area contributed by atoms with Crippen molar-refractivity contribution in [2.75, 3.05) is 12.4 Å². The second-order valence-corrected chi connectivity index (χ2v) is 4.66. The zero-order valence-electron chi connectivity index (χ0n) is 11.4. The molecule has 1 heterocycles. The van der Waals surface area contributed by atoms with E-state index in [1.165, 1.54) is 18.2 Å². The van der Waals surface area contributed by atoms with Gasteiger partial charge in [0, 0.05) is 18.3 Å². The molecule has 4 nitrogen and oxygen atoms in total. The number of aromatic hydroxyl groups is 1. The normalized spacial score (nSPS) is 10.6. The fraction of sp³-hybridized carbons (Fsp3) is 0.0625. The van der Waals surface area contributed by atoms with Gasteiger partial charge in [-0.15, -0.1) is 0 Å². The van der Waals surface area contributed by atoms with E-state index >= 15 is 0 Å². The Kier molecular flexibility index (Phi) is 3.31. The molecule has 0 atom stereocenters. The zero-order chi connectivity index (χ0) is 14.8. The summed E-state index contributed by atoms with van der Waals surface area (Å²) in [6.45, 7) is 0. The maximum Gasteiger partial charge on any atom is 0.125 e. The second kappa shape index (κ2) is 5.28. The summed E-state index contributed by atoms with van der Waals surface area (Å²) in [7, 11) is 1.86. The SMILES string of the molecule is CNc1ccc(-c2cc(-c3cc(F)ccc3O)n[nH]2)cc1. The van der Waals surface area contributed by atoms with Crippen molar-refractivity contribution in [1.29, 1.82) is 0 Å². The van der Waals surface area contributed by atoms with Gasteiger partial charge in [-0.3, -0.25) is 5.10 Å². The summed E-state index contributed by atoms with van der Waals surface area (Å²) in [5, 5.41) is 19.9. The summed E-state index contributed by atoms with van der Waals surface area (Å²) in [6, 6.07) is 13.4. The molecule has 1 aromatic heterocycles. The van der Waals surface area contributed by atoms with Gasteiger partial charge in [0.15, 0.2) is 0 Å². The Morgan fingerprint density at radius 2 is 1.86 bits per heavy atom. The highest BCUT2D eigenvalue weighted by Gasteiger charge is 2.10. The quantitative estimate of drug-likeness (QED) is 0.688. The monoisotopic (exact) mass is 283 g/mol. The second-order valence-electron chi connectivity index (χ2n) is 4.66. The molecule has 0 saturated carbocycles. The van der Waals surface area contributed by atoms with Crippen LogP contribution in [0.1, 0.15) is 0 Å². The van der Waals surface area contributed by atoms with Gasteiger partial charge in [0.25, 0.3) is 0 Å². The van der Waals surface area contributed by atoms with Crippen molar-refractivity contribution in [3.8, 4) is 28.3 Å². The summed E-state index contributed by atoms with van der Waals surface area (Å²) in [5.74, 6) is -0.411. The zero-order valence-corrected chi connectivity index (χ0v) is 11.4. The Bertz CT molecular complexity index is 765. The molecule has 3 N–H and O–H groups in total. The molecule has 0 spiro atoms. The highest BCUT2D eigenvalue weighted by molar-refractivity contribution is 5.72. The number of hydrogen-bond acceptors (Lipinski definition) is 3. The first-order valence-corrected chi connectivity index (χ1v) is 6.50. The van der Waals surface area contributed by atoms with E-state index in [-0.39, 0.29) is 5.75 Å². The number of anilines is 1. The van der Waals surface area contributed by atoms with Crippen molar-refractivity contribution in [3.05, 3.63) is 54.3 Å². The molecule has 5 heteroatoms. The van der Waals surface area contributed by atoms with Crippen LogP contribution in [0.2, 0.25) is 0 Å². The molecule has 0 fully saturated rings. The van der Waals surface area contributed by atoms with Gasteiger partial charge < -0.3 is 10.4 Å². The van der Waals surface area contributed by atoms with Gasteiger partial charge in [-0.25, -0.2) is 4.39 Å². The number of rotatable bonds is 3. The Labute approximate surface area is 121 Å². The van der Waals surface area contributed by atoms with Gasteiger partial charge in [0.2, 0.25) is 0 Å². The van der Waals surface area contributed by atoms with Gasteiger partial charge in [0.05, 0.1) is 11.4 Å². The van der Waals surface area contributed by atoms with Crippen molar-refractivity contribution < 1.29 is 9.50 Å². The first-order chi connectivity index (χ1) is 10.2. The molecule has 3 rings (SSSR count). The summed E-state index contributed by atoms with van der Waals surface area (Å²) < 4.78 is 13.3. The molecular weight excluding hydrogens is 269 g/mol. The standard InChI is InChI=1S/C16H14FN3O/c1-18-12-5-2-10(3-6-12)14-9-15(20-19-14)13-8-11(17)4-7-16(13)21/h2-9,18,21H,1H3,(H,19,20). The van der Waals surface area contributed by atoms with Crippen LogP contribution < -0.4 is 5.32 Å². The maximum absolute atomic E-state index is 13.3. The number of halogens is 1. The number of aromatic nitrogens is 2. The fourth-order valence-corrected chi connectivity index (χ4v) is 2.14. The van der Waals surface area contributed by atoms with Gasteiger partial charge in [-0.2, -0.15) is 5.10 Å². The van der Waals surface area contributed by atoms with Crippen LogP contribution in [-0.2, 0) is 0 Å². The number of phenols is 1. The first-order valence-electron chi connectivity index (χ1n) is 6.50. The van der Waals surface area contributed by atoms with Crippen molar-refractivity contribution in [3.63, 3.8) is 0 Å².